The van der Waals surface area contributed by atoms with Crippen molar-refractivity contribution in [2.24, 2.45) is 5.41 Å². The molecule has 0 aliphatic carbocycles. The van der Waals surface area contributed by atoms with E-state index < -0.39 is 11.4 Å². The van der Waals surface area contributed by atoms with Gasteiger partial charge in [-0.25, -0.2) is 0 Å². The number of hydrogen-bond acceptors (Lipinski definition) is 2. The number of hydrogen-bond donors (Lipinski definition) is 1. The lowest BCUT2D eigenvalue weighted by Crippen LogP contribution is -2.44. The fraction of sp³-hybridized carbons (Fsp3) is 0.667. The summed E-state index contributed by atoms with van der Waals surface area (Å²) in [5, 5.41) is 8.95. The summed E-state index contributed by atoms with van der Waals surface area (Å²) in [7, 11) is 3.71. The molecule has 0 aromatic rings. The Kier molecular flexibility index (Phi) is 3.46. The van der Waals surface area contributed by atoms with Gasteiger partial charge >= 0.3 is 5.97 Å². The molecular weight excluding hydrogens is 154 g/mol. The van der Waals surface area contributed by atoms with Crippen molar-refractivity contribution in [3.8, 4) is 0 Å². The molecule has 12 heavy (non-hydrogen) atoms. The first-order valence-electron chi connectivity index (χ1n) is 3.89. The standard InChI is InChI=1S/C9H17NO2/c1-6-9(3,8(11)12)7(2)10(4)5/h6-7H,1H2,2-5H3,(H,11,12). The fourth-order valence-corrected chi connectivity index (χ4v) is 0.973. The van der Waals surface area contributed by atoms with Crippen LogP contribution in [-0.2, 0) is 4.79 Å². The van der Waals surface area contributed by atoms with Crippen molar-refractivity contribution in [3.63, 3.8) is 0 Å². The summed E-state index contributed by atoms with van der Waals surface area (Å²) in [4.78, 5) is 12.8. The van der Waals surface area contributed by atoms with E-state index in [2.05, 4.69) is 6.58 Å². The van der Waals surface area contributed by atoms with Gasteiger partial charge in [-0.15, -0.1) is 6.58 Å². The highest BCUT2D eigenvalue weighted by Gasteiger charge is 2.36. The van der Waals surface area contributed by atoms with Crippen LogP contribution < -0.4 is 0 Å². The van der Waals surface area contributed by atoms with Crippen LogP contribution in [0, 0.1) is 5.41 Å². The second-order valence-electron chi connectivity index (χ2n) is 3.43. The maximum absolute atomic E-state index is 10.9. The average Bonchev–Trinajstić information content (AvgIpc) is 2.01. The summed E-state index contributed by atoms with van der Waals surface area (Å²) in [6.07, 6.45) is 1.49. The number of rotatable bonds is 4. The summed E-state index contributed by atoms with van der Waals surface area (Å²) in [6, 6.07) is -0.0625. The Morgan fingerprint density at radius 1 is 1.67 bits per heavy atom. The molecule has 0 bridgehead atoms. The molecule has 0 aliphatic rings. The molecule has 70 valence electrons. The highest BCUT2D eigenvalue weighted by molar-refractivity contribution is 5.77. The van der Waals surface area contributed by atoms with Crippen LogP contribution in [0.1, 0.15) is 13.8 Å². The fourth-order valence-electron chi connectivity index (χ4n) is 0.973. The van der Waals surface area contributed by atoms with Gasteiger partial charge in [0.25, 0.3) is 0 Å². The van der Waals surface area contributed by atoms with Gasteiger partial charge in [0.2, 0.25) is 0 Å². The monoisotopic (exact) mass is 171 g/mol. The highest BCUT2D eigenvalue weighted by atomic mass is 16.4. The van der Waals surface area contributed by atoms with E-state index in [9.17, 15) is 4.79 Å². The first kappa shape index (κ1) is 11.2. The van der Waals surface area contributed by atoms with Gasteiger partial charge in [-0.1, -0.05) is 6.08 Å². The van der Waals surface area contributed by atoms with Gasteiger partial charge in [-0.2, -0.15) is 0 Å². The molecule has 0 heterocycles. The molecule has 0 spiro atoms. The quantitative estimate of drug-likeness (QED) is 0.646. The third-order valence-electron chi connectivity index (χ3n) is 2.53. The first-order chi connectivity index (χ1) is 5.36. The van der Waals surface area contributed by atoms with Crippen LogP contribution in [0.5, 0.6) is 0 Å². The predicted molar refractivity (Wildman–Crippen MR) is 49.1 cm³/mol. The second-order valence-corrected chi connectivity index (χ2v) is 3.43. The molecular formula is C9H17NO2. The van der Waals surface area contributed by atoms with E-state index in [0.717, 1.165) is 0 Å². The van der Waals surface area contributed by atoms with Gasteiger partial charge in [-0.3, -0.25) is 4.79 Å². The maximum Gasteiger partial charge on any atom is 0.314 e. The zero-order valence-electron chi connectivity index (χ0n) is 8.16. The van der Waals surface area contributed by atoms with E-state index in [1.807, 2.05) is 25.9 Å². The van der Waals surface area contributed by atoms with Crippen molar-refractivity contribution >= 4 is 5.97 Å². The first-order valence-corrected chi connectivity index (χ1v) is 3.89. The van der Waals surface area contributed by atoms with Gasteiger partial charge in [0, 0.05) is 6.04 Å². The van der Waals surface area contributed by atoms with Crippen LogP contribution in [-0.4, -0.2) is 36.1 Å². The zero-order valence-corrected chi connectivity index (χ0v) is 8.16. The normalized spacial score (nSPS) is 18.4. The van der Waals surface area contributed by atoms with Crippen molar-refractivity contribution < 1.29 is 9.90 Å². The lowest BCUT2D eigenvalue weighted by Gasteiger charge is -2.32. The Bertz CT molecular complexity index is 189. The number of carbonyl (C=O) groups is 1. The SMILES string of the molecule is C=CC(C)(C(=O)O)C(C)N(C)C. The molecule has 0 aromatic heterocycles. The van der Waals surface area contributed by atoms with Crippen LogP contribution in [0.25, 0.3) is 0 Å². The molecule has 3 nitrogen and oxygen atoms in total. The number of aliphatic carboxylic acids is 1. The molecule has 2 unspecified atom stereocenters. The van der Waals surface area contributed by atoms with Crippen molar-refractivity contribution in [2.75, 3.05) is 14.1 Å². The molecule has 0 aliphatic heterocycles. The molecule has 1 N–H and O–H groups in total. The summed E-state index contributed by atoms with van der Waals surface area (Å²) >= 11 is 0. The van der Waals surface area contributed by atoms with Gasteiger partial charge in [0.05, 0.1) is 5.41 Å². The lowest BCUT2D eigenvalue weighted by molar-refractivity contribution is -0.147. The number of carboxylic acid groups (broad SMARTS) is 1. The molecule has 0 amide bonds. The van der Waals surface area contributed by atoms with Gasteiger partial charge in [0.15, 0.2) is 0 Å². The predicted octanol–water partition coefficient (Wildman–Crippen LogP) is 1.21. The molecule has 3 heteroatoms. The summed E-state index contributed by atoms with van der Waals surface area (Å²) in [5.41, 5.74) is -0.872. The van der Waals surface area contributed by atoms with E-state index in [1.54, 1.807) is 6.92 Å². The summed E-state index contributed by atoms with van der Waals surface area (Å²) < 4.78 is 0. The van der Waals surface area contributed by atoms with Crippen molar-refractivity contribution in [1.82, 2.24) is 4.90 Å². The van der Waals surface area contributed by atoms with Crippen LogP contribution in [0.15, 0.2) is 12.7 Å². The molecule has 0 saturated carbocycles. The summed E-state index contributed by atoms with van der Waals surface area (Å²) in [5.74, 6) is -0.835. The van der Waals surface area contributed by atoms with E-state index in [-0.39, 0.29) is 6.04 Å². The third-order valence-corrected chi connectivity index (χ3v) is 2.53. The highest BCUT2D eigenvalue weighted by Crippen LogP contribution is 2.25. The zero-order chi connectivity index (χ0) is 9.94. The van der Waals surface area contributed by atoms with E-state index >= 15 is 0 Å². The van der Waals surface area contributed by atoms with Gasteiger partial charge in [0.1, 0.15) is 0 Å². The smallest absolute Gasteiger partial charge is 0.314 e. The van der Waals surface area contributed by atoms with Crippen molar-refractivity contribution in [2.45, 2.75) is 19.9 Å². The molecule has 0 aromatic carbocycles. The Balaban J connectivity index is 4.75. The average molecular weight is 171 g/mol. The van der Waals surface area contributed by atoms with Gasteiger partial charge in [-0.05, 0) is 27.9 Å². The number of nitrogens with zero attached hydrogens (tertiary/aromatic N) is 1. The van der Waals surface area contributed by atoms with Gasteiger partial charge < -0.3 is 10.0 Å². The Hall–Kier alpha value is -0.830. The van der Waals surface area contributed by atoms with E-state index in [1.165, 1.54) is 6.08 Å². The van der Waals surface area contributed by atoms with Crippen LogP contribution >= 0.6 is 0 Å². The van der Waals surface area contributed by atoms with Crippen molar-refractivity contribution in [3.05, 3.63) is 12.7 Å². The topological polar surface area (TPSA) is 40.5 Å². The number of carboxylic acids is 1. The lowest BCUT2D eigenvalue weighted by atomic mass is 9.83. The molecule has 0 rings (SSSR count). The molecule has 0 fully saturated rings. The Labute approximate surface area is 73.7 Å². The van der Waals surface area contributed by atoms with Crippen LogP contribution in [0.3, 0.4) is 0 Å². The summed E-state index contributed by atoms with van der Waals surface area (Å²) in [6.45, 7) is 7.09. The maximum atomic E-state index is 10.9. The van der Waals surface area contributed by atoms with Crippen LogP contribution in [0.4, 0.5) is 0 Å². The second kappa shape index (κ2) is 3.72. The third kappa shape index (κ3) is 1.85. The molecule has 0 saturated heterocycles. The van der Waals surface area contributed by atoms with Crippen molar-refractivity contribution in [1.29, 1.82) is 0 Å². The molecule has 2 atom stereocenters. The van der Waals surface area contributed by atoms with E-state index in [0.29, 0.717) is 0 Å². The van der Waals surface area contributed by atoms with E-state index in [4.69, 9.17) is 5.11 Å². The Morgan fingerprint density at radius 3 is 2.17 bits per heavy atom. The minimum Gasteiger partial charge on any atom is -0.481 e. The molecule has 0 radical (unpaired) electrons. The minimum atomic E-state index is -0.872. The largest absolute Gasteiger partial charge is 0.481 e. The van der Waals surface area contributed by atoms with Crippen LogP contribution in [0.2, 0.25) is 0 Å². The Morgan fingerprint density at radius 2 is 2.08 bits per heavy atom. The minimum absolute atomic E-state index is 0.0625.